The van der Waals surface area contributed by atoms with Crippen LogP contribution in [0, 0.1) is 0 Å². The van der Waals surface area contributed by atoms with Crippen molar-refractivity contribution >= 4 is 11.6 Å². The highest BCUT2D eigenvalue weighted by molar-refractivity contribution is 5.94. The average molecular weight is 640 g/mol. The molecule has 0 aromatic heterocycles. The molecule has 0 spiro atoms. The second-order valence-electron chi connectivity index (χ2n) is 9.39. The van der Waals surface area contributed by atoms with E-state index in [0.717, 1.165) is 19.3 Å². The number of rotatable bonds is 12. The maximum Gasteiger partial charge on any atom is 0.460 e. The zero-order valence-electron chi connectivity index (χ0n) is 21.1. The van der Waals surface area contributed by atoms with Gasteiger partial charge in [-0.25, -0.2) is 0 Å². The van der Waals surface area contributed by atoms with Gasteiger partial charge in [0, 0.05) is 30.9 Å². The smallest absolute Gasteiger partial charge is 0.385 e. The van der Waals surface area contributed by atoms with Crippen LogP contribution in [0.1, 0.15) is 42.5 Å². The summed E-state index contributed by atoms with van der Waals surface area (Å²) >= 11 is 0. The quantitative estimate of drug-likeness (QED) is 0.141. The molecule has 0 aliphatic carbocycles. The largest absolute Gasteiger partial charge is 0.460 e. The fraction of sp³-hybridized carbons (Fsp3) is 0.625. The van der Waals surface area contributed by atoms with E-state index in [-0.39, 0.29) is 24.9 Å². The summed E-state index contributed by atoms with van der Waals surface area (Å²) in [5, 5.41) is 2.75. The third-order valence-electron chi connectivity index (χ3n) is 6.33. The highest BCUT2D eigenvalue weighted by Gasteiger charge is 2.93. The number of likely N-dealkylation sites (tertiary alicyclic amines) is 1. The normalized spacial score (nSPS) is 16.7. The minimum absolute atomic E-state index is 0.0707. The minimum atomic E-state index is -8.29. The molecule has 1 aromatic rings. The summed E-state index contributed by atoms with van der Waals surface area (Å²) in [4.78, 5) is 14.1. The number of amides is 1. The van der Waals surface area contributed by atoms with E-state index in [9.17, 15) is 70.7 Å². The van der Waals surface area contributed by atoms with E-state index in [2.05, 4.69) is 5.32 Å². The summed E-state index contributed by atoms with van der Waals surface area (Å²) in [5.41, 5.74) is 0.806. The van der Waals surface area contributed by atoms with Gasteiger partial charge < -0.3 is 10.2 Å². The van der Waals surface area contributed by atoms with Gasteiger partial charge in [-0.3, -0.25) is 4.79 Å². The lowest BCUT2D eigenvalue weighted by Gasteiger charge is -2.41. The third-order valence-corrected chi connectivity index (χ3v) is 6.33. The molecule has 2 rings (SSSR count). The summed E-state index contributed by atoms with van der Waals surface area (Å²) in [6.07, 6.45) is -6.68. The maximum atomic E-state index is 13.8. The van der Waals surface area contributed by atoms with Crippen molar-refractivity contribution < 1.29 is 70.7 Å². The molecule has 3 nitrogen and oxygen atoms in total. The molecule has 1 amide bonds. The van der Waals surface area contributed by atoms with Gasteiger partial charge in [0.1, 0.15) is 0 Å². The lowest BCUT2D eigenvalue weighted by molar-refractivity contribution is -0.449. The molecule has 1 fully saturated rings. The summed E-state index contributed by atoms with van der Waals surface area (Å²) in [6, 6.07) is 5.96. The Morgan fingerprint density at radius 2 is 1.17 bits per heavy atom. The SMILES string of the molecule is O=C(c1ccc(NCCC/C=C/C(F)(F)C(F)(F)C(F)(F)C(F)(F)C(F)(F)C(F)(F)C(F)(F)F)cc1)N1CCCCC1. The summed E-state index contributed by atoms with van der Waals surface area (Å²) in [7, 11) is 0. The van der Waals surface area contributed by atoms with Crippen molar-refractivity contribution in [2.45, 2.75) is 73.8 Å². The van der Waals surface area contributed by atoms with E-state index in [0.29, 0.717) is 24.3 Å². The monoisotopic (exact) mass is 640 g/mol. The standard InChI is InChI=1S/C24H23F15N2O/c25-18(26,19(27,28)20(29,30)21(31,32)22(33,34)23(35,36)24(37,38)39)11-3-1-4-12-40-16-9-7-15(8-10-16)17(42)41-13-5-2-6-14-41/h3,7-11,40H,1-2,4-6,12-14H2/b11-3+. The van der Waals surface area contributed by atoms with Crippen molar-refractivity contribution in [1.82, 2.24) is 4.90 Å². The predicted molar refractivity (Wildman–Crippen MR) is 119 cm³/mol. The number of nitrogens with zero attached hydrogens (tertiary/aromatic N) is 1. The number of allylic oxidation sites excluding steroid dienone is 2. The molecule has 1 aliphatic rings. The van der Waals surface area contributed by atoms with Crippen LogP contribution in [0.4, 0.5) is 71.5 Å². The molecule has 0 saturated carbocycles. The van der Waals surface area contributed by atoms with E-state index in [4.69, 9.17) is 0 Å². The van der Waals surface area contributed by atoms with Crippen LogP contribution in [0.15, 0.2) is 36.4 Å². The Morgan fingerprint density at radius 1 is 0.690 bits per heavy atom. The molecule has 1 aromatic carbocycles. The number of carbonyl (C=O) groups excluding carboxylic acids is 1. The van der Waals surface area contributed by atoms with Crippen LogP contribution in [-0.4, -0.2) is 72.2 Å². The van der Waals surface area contributed by atoms with E-state index in [1.54, 1.807) is 4.90 Å². The van der Waals surface area contributed by atoms with E-state index in [1.807, 2.05) is 0 Å². The molecular formula is C24H23F15N2O. The first-order valence-corrected chi connectivity index (χ1v) is 12.1. The Hall–Kier alpha value is -2.82. The fourth-order valence-electron chi connectivity index (χ4n) is 3.78. The van der Waals surface area contributed by atoms with Crippen LogP contribution in [0.25, 0.3) is 0 Å². The van der Waals surface area contributed by atoms with Gasteiger partial charge in [-0.2, -0.15) is 65.9 Å². The topological polar surface area (TPSA) is 32.3 Å². The van der Waals surface area contributed by atoms with Gasteiger partial charge in [0.05, 0.1) is 0 Å². The third kappa shape index (κ3) is 6.40. The summed E-state index contributed by atoms with van der Waals surface area (Å²) < 4.78 is 198. The fourth-order valence-corrected chi connectivity index (χ4v) is 3.78. The number of hydrogen-bond donors (Lipinski definition) is 1. The van der Waals surface area contributed by atoms with Crippen LogP contribution >= 0.6 is 0 Å². The molecule has 0 atom stereocenters. The minimum Gasteiger partial charge on any atom is -0.385 e. The molecule has 0 bridgehead atoms. The first-order valence-electron chi connectivity index (χ1n) is 12.1. The summed E-state index contributed by atoms with van der Waals surface area (Å²) in [5.74, 6) is -46.8. The number of unbranched alkanes of at least 4 members (excludes halogenated alkanes) is 1. The number of piperidine rings is 1. The Morgan fingerprint density at radius 3 is 1.67 bits per heavy atom. The highest BCUT2D eigenvalue weighted by atomic mass is 19.4. The van der Waals surface area contributed by atoms with Crippen molar-refractivity contribution in [3.8, 4) is 0 Å². The van der Waals surface area contributed by atoms with Gasteiger partial charge in [-0.15, -0.1) is 0 Å². The van der Waals surface area contributed by atoms with E-state index >= 15 is 0 Å². The molecular weight excluding hydrogens is 617 g/mol. The highest BCUT2D eigenvalue weighted by Crippen LogP contribution is 2.62. The first-order chi connectivity index (χ1) is 19.0. The number of alkyl halides is 15. The number of carbonyl (C=O) groups is 1. The molecule has 1 saturated heterocycles. The lowest BCUT2D eigenvalue weighted by Crippen LogP contribution is -2.72. The van der Waals surface area contributed by atoms with Gasteiger partial charge in [0.15, 0.2) is 0 Å². The summed E-state index contributed by atoms with van der Waals surface area (Å²) in [6.45, 7) is 1.15. The van der Waals surface area contributed by atoms with Gasteiger partial charge in [0.2, 0.25) is 0 Å². The Balaban J connectivity index is 2.01. The molecule has 1 heterocycles. The molecule has 0 radical (unpaired) electrons. The number of nitrogens with one attached hydrogen (secondary N) is 1. The number of anilines is 1. The second kappa shape index (κ2) is 12.1. The van der Waals surface area contributed by atoms with Crippen LogP contribution in [0.2, 0.25) is 0 Å². The van der Waals surface area contributed by atoms with Gasteiger partial charge in [-0.1, -0.05) is 6.08 Å². The zero-order valence-corrected chi connectivity index (χ0v) is 21.1. The first kappa shape index (κ1) is 35.4. The Labute approximate surface area is 228 Å². The van der Waals surface area contributed by atoms with Gasteiger partial charge >= 0.3 is 41.7 Å². The number of hydrogen-bond acceptors (Lipinski definition) is 2. The zero-order chi connectivity index (χ0) is 32.4. The van der Waals surface area contributed by atoms with Gasteiger partial charge in [-0.05, 0) is 62.4 Å². The molecule has 1 aliphatic heterocycles. The van der Waals surface area contributed by atoms with E-state index < -0.39 is 54.2 Å². The number of halogens is 15. The van der Waals surface area contributed by atoms with Crippen molar-refractivity contribution in [1.29, 1.82) is 0 Å². The van der Waals surface area contributed by atoms with Crippen LogP contribution in [-0.2, 0) is 0 Å². The molecule has 42 heavy (non-hydrogen) atoms. The Bertz CT molecular complexity index is 1090. The number of benzene rings is 1. The van der Waals surface area contributed by atoms with Crippen LogP contribution in [0.3, 0.4) is 0 Å². The second-order valence-corrected chi connectivity index (χ2v) is 9.39. The average Bonchev–Trinajstić information content (AvgIpc) is 2.89. The van der Waals surface area contributed by atoms with Crippen molar-refractivity contribution in [3.63, 3.8) is 0 Å². The molecule has 240 valence electrons. The van der Waals surface area contributed by atoms with Crippen molar-refractivity contribution in [2.75, 3.05) is 25.0 Å². The van der Waals surface area contributed by atoms with Crippen LogP contribution in [0.5, 0.6) is 0 Å². The van der Waals surface area contributed by atoms with Gasteiger partial charge in [0.25, 0.3) is 5.91 Å². The van der Waals surface area contributed by atoms with E-state index in [1.165, 1.54) is 24.3 Å². The lowest BCUT2D eigenvalue weighted by atomic mass is 9.91. The Kier molecular flexibility index (Phi) is 10.2. The molecule has 0 unspecified atom stereocenters. The molecule has 18 heteroatoms. The van der Waals surface area contributed by atoms with Crippen molar-refractivity contribution in [2.24, 2.45) is 0 Å². The van der Waals surface area contributed by atoms with Crippen molar-refractivity contribution in [3.05, 3.63) is 42.0 Å². The van der Waals surface area contributed by atoms with Crippen LogP contribution < -0.4 is 5.32 Å². The maximum absolute atomic E-state index is 13.8. The molecule has 1 N–H and O–H groups in total. The predicted octanol–water partition coefficient (Wildman–Crippen LogP) is 8.44.